The van der Waals surface area contributed by atoms with Crippen molar-refractivity contribution in [3.8, 4) is 0 Å². The summed E-state index contributed by atoms with van der Waals surface area (Å²) < 4.78 is 0. The van der Waals surface area contributed by atoms with Crippen molar-refractivity contribution in [2.45, 2.75) is 26.2 Å². The van der Waals surface area contributed by atoms with Gasteiger partial charge in [-0.15, -0.1) is 0 Å². The molecule has 6 heteroatoms. The molecule has 0 bridgehead atoms. The number of amides is 1. The van der Waals surface area contributed by atoms with E-state index in [9.17, 15) is 9.59 Å². The van der Waals surface area contributed by atoms with Crippen LogP contribution in [-0.4, -0.2) is 28.2 Å². The van der Waals surface area contributed by atoms with E-state index >= 15 is 0 Å². The van der Waals surface area contributed by atoms with Gasteiger partial charge in [0, 0.05) is 18.2 Å². The van der Waals surface area contributed by atoms with Crippen LogP contribution in [0, 0.1) is 18.9 Å². The minimum Gasteiger partial charge on any atom is -0.307 e. The second-order valence-corrected chi connectivity index (χ2v) is 7.77. The molecule has 0 spiro atoms. The van der Waals surface area contributed by atoms with Gasteiger partial charge in [-0.25, -0.2) is 14.8 Å². The third-order valence-corrected chi connectivity index (χ3v) is 5.70. The highest BCUT2D eigenvalue weighted by atomic mass is 16.2. The maximum absolute atomic E-state index is 14.0. The van der Waals surface area contributed by atoms with Crippen molar-refractivity contribution in [2.75, 3.05) is 11.4 Å². The van der Waals surface area contributed by atoms with E-state index in [0.29, 0.717) is 23.8 Å². The summed E-state index contributed by atoms with van der Waals surface area (Å²) in [7, 11) is 0. The highest BCUT2D eigenvalue weighted by molar-refractivity contribution is 6.14. The number of benzene rings is 1. The number of aryl methyl sites for hydroxylation is 1. The Morgan fingerprint density at radius 3 is 2.52 bits per heavy atom. The smallest absolute Gasteiger partial charge is 0.245 e. The SMILES string of the molecule is [C-]#[N+]C1=C[C@@]2(c3ccccc3)C(=O)N(c3ccnc(C)n3)CC=C2C(C)(C)C1=O. The number of rotatable bonds is 2. The number of carbonyl (C=O) groups excluding carboxylic acids is 2. The van der Waals surface area contributed by atoms with Gasteiger partial charge in [0.15, 0.2) is 5.78 Å². The monoisotopic (exact) mass is 384 g/mol. The number of allylic oxidation sites excluding steroid dienone is 1. The van der Waals surface area contributed by atoms with Crippen molar-refractivity contribution >= 4 is 17.5 Å². The Kier molecular flexibility index (Phi) is 4.20. The molecule has 2 aliphatic rings. The minimum absolute atomic E-state index is 0.00919. The molecule has 144 valence electrons. The zero-order valence-electron chi connectivity index (χ0n) is 16.5. The van der Waals surface area contributed by atoms with Crippen molar-refractivity contribution in [2.24, 2.45) is 5.41 Å². The number of hydrogen-bond acceptors (Lipinski definition) is 4. The predicted molar refractivity (Wildman–Crippen MR) is 109 cm³/mol. The molecular formula is C23H20N4O2. The third-order valence-electron chi connectivity index (χ3n) is 5.70. The maximum Gasteiger partial charge on any atom is 0.245 e. The van der Waals surface area contributed by atoms with Crippen molar-refractivity contribution in [3.63, 3.8) is 0 Å². The molecule has 0 unspecified atom stereocenters. The van der Waals surface area contributed by atoms with E-state index in [0.717, 1.165) is 5.56 Å². The van der Waals surface area contributed by atoms with E-state index in [4.69, 9.17) is 6.57 Å². The van der Waals surface area contributed by atoms with Crippen LogP contribution in [0.5, 0.6) is 0 Å². The van der Waals surface area contributed by atoms with Gasteiger partial charge in [-0.3, -0.25) is 9.69 Å². The Bertz CT molecular complexity index is 1130. The highest BCUT2D eigenvalue weighted by Crippen LogP contribution is 2.52. The Hall–Kier alpha value is -3.59. The van der Waals surface area contributed by atoms with Crippen LogP contribution in [0.25, 0.3) is 4.85 Å². The fourth-order valence-electron chi connectivity index (χ4n) is 4.29. The normalized spacial score (nSPS) is 23.0. The Morgan fingerprint density at radius 2 is 1.86 bits per heavy atom. The summed E-state index contributed by atoms with van der Waals surface area (Å²) in [6.07, 6.45) is 5.09. The Balaban J connectivity index is 2.02. The van der Waals surface area contributed by atoms with Gasteiger partial charge in [0.05, 0.1) is 6.57 Å². The number of Topliss-reactive ketones (excluding diaryl/α,β-unsaturated/α-hetero) is 1. The first-order chi connectivity index (χ1) is 13.8. The molecule has 0 fully saturated rings. The summed E-state index contributed by atoms with van der Waals surface area (Å²) in [6, 6.07) is 11.0. The van der Waals surface area contributed by atoms with Gasteiger partial charge in [0.1, 0.15) is 17.1 Å². The van der Waals surface area contributed by atoms with Gasteiger partial charge in [-0.2, -0.15) is 0 Å². The number of carbonyl (C=O) groups is 2. The summed E-state index contributed by atoms with van der Waals surface area (Å²) in [5, 5.41) is 0. The summed E-state index contributed by atoms with van der Waals surface area (Å²) in [4.78, 5) is 40.6. The van der Waals surface area contributed by atoms with E-state index in [1.54, 1.807) is 37.9 Å². The van der Waals surface area contributed by atoms with Crippen LogP contribution in [0.2, 0.25) is 0 Å². The van der Waals surface area contributed by atoms with Crippen LogP contribution >= 0.6 is 0 Å². The Morgan fingerprint density at radius 1 is 1.14 bits per heavy atom. The molecule has 29 heavy (non-hydrogen) atoms. The second kappa shape index (κ2) is 6.49. The standard InChI is InChI=1S/C23H20N4O2/c1-15-25-12-10-19(26-15)27-13-11-18-22(2,3)20(28)17(24-4)14-23(18,21(27)29)16-8-6-5-7-9-16/h5-12,14H,13H2,1-3H3/t23-/m0/s1. The van der Waals surface area contributed by atoms with E-state index in [2.05, 4.69) is 14.8 Å². The Labute approximate surface area is 169 Å². The van der Waals surface area contributed by atoms with Gasteiger partial charge >= 0.3 is 0 Å². The van der Waals surface area contributed by atoms with Gasteiger partial charge in [-0.05, 0) is 24.1 Å². The van der Waals surface area contributed by atoms with Crippen molar-refractivity contribution in [3.05, 3.63) is 88.8 Å². The summed E-state index contributed by atoms with van der Waals surface area (Å²) >= 11 is 0. The van der Waals surface area contributed by atoms with E-state index < -0.39 is 10.8 Å². The van der Waals surface area contributed by atoms with Crippen LogP contribution in [0.1, 0.15) is 25.2 Å². The van der Waals surface area contributed by atoms with Crippen molar-refractivity contribution in [1.82, 2.24) is 9.97 Å². The molecule has 1 amide bonds. The molecule has 1 aromatic carbocycles. The minimum atomic E-state index is -1.23. The molecule has 0 saturated carbocycles. The topological polar surface area (TPSA) is 67.5 Å². The first kappa shape index (κ1) is 18.8. The van der Waals surface area contributed by atoms with E-state index in [1.807, 2.05) is 36.4 Å². The molecular weight excluding hydrogens is 364 g/mol. The predicted octanol–water partition coefficient (Wildman–Crippen LogP) is 3.41. The molecule has 1 aliphatic carbocycles. The van der Waals surface area contributed by atoms with Crippen LogP contribution in [0.15, 0.2) is 66.0 Å². The highest BCUT2D eigenvalue weighted by Gasteiger charge is 2.57. The number of hydrogen-bond donors (Lipinski definition) is 0. The molecule has 2 heterocycles. The lowest BCUT2D eigenvalue weighted by Gasteiger charge is -2.48. The van der Waals surface area contributed by atoms with Gasteiger partial charge < -0.3 is 4.79 Å². The number of fused-ring (bicyclic) bond motifs is 1. The number of aromatic nitrogens is 2. The number of anilines is 1. The van der Waals surface area contributed by atoms with Crippen LogP contribution in [0.3, 0.4) is 0 Å². The summed E-state index contributed by atoms with van der Waals surface area (Å²) in [5.74, 6) is 0.585. The van der Waals surface area contributed by atoms with E-state index in [-0.39, 0.29) is 17.4 Å². The maximum atomic E-state index is 14.0. The molecule has 1 atom stereocenters. The average Bonchev–Trinajstić information content (AvgIpc) is 2.72. The quantitative estimate of drug-likeness (QED) is 0.588. The first-order valence-electron chi connectivity index (χ1n) is 9.35. The fourth-order valence-corrected chi connectivity index (χ4v) is 4.29. The molecule has 0 N–H and O–H groups in total. The number of ketones is 1. The van der Waals surface area contributed by atoms with Gasteiger partial charge in [0.2, 0.25) is 11.6 Å². The molecule has 1 aromatic heterocycles. The fraction of sp³-hybridized carbons (Fsp3) is 0.261. The summed E-state index contributed by atoms with van der Waals surface area (Å²) in [5.41, 5.74) is -0.761. The zero-order chi connectivity index (χ0) is 20.8. The third kappa shape index (κ3) is 2.62. The average molecular weight is 384 g/mol. The second-order valence-electron chi connectivity index (χ2n) is 7.77. The molecule has 4 rings (SSSR count). The largest absolute Gasteiger partial charge is 0.307 e. The van der Waals surface area contributed by atoms with Crippen molar-refractivity contribution in [1.29, 1.82) is 0 Å². The zero-order valence-corrected chi connectivity index (χ0v) is 16.5. The molecule has 0 radical (unpaired) electrons. The van der Waals surface area contributed by atoms with E-state index in [1.165, 1.54) is 6.08 Å². The van der Waals surface area contributed by atoms with Crippen LogP contribution in [-0.2, 0) is 15.0 Å². The van der Waals surface area contributed by atoms with Gasteiger partial charge in [0.25, 0.3) is 0 Å². The molecule has 1 aliphatic heterocycles. The molecule has 0 saturated heterocycles. The van der Waals surface area contributed by atoms with Gasteiger partial charge in [-0.1, -0.05) is 56.3 Å². The summed E-state index contributed by atoms with van der Waals surface area (Å²) in [6.45, 7) is 13.2. The van der Waals surface area contributed by atoms with Crippen LogP contribution < -0.4 is 4.90 Å². The van der Waals surface area contributed by atoms with Crippen molar-refractivity contribution < 1.29 is 9.59 Å². The lowest BCUT2D eigenvalue weighted by atomic mass is 9.57. The lowest BCUT2D eigenvalue weighted by Crippen LogP contribution is -2.57. The number of nitrogens with zero attached hydrogens (tertiary/aromatic N) is 4. The molecule has 6 nitrogen and oxygen atoms in total. The first-order valence-corrected chi connectivity index (χ1v) is 9.35. The lowest BCUT2D eigenvalue weighted by molar-refractivity contribution is -0.125. The van der Waals surface area contributed by atoms with Crippen LogP contribution in [0.4, 0.5) is 5.82 Å². The molecule has 2 aromatic rings.